The van der Waals surface area contributed by atoms with Crippen molar-refractivity contribution in [3.8, 4) is 17.5 Å². The van der Waals surface area contributed by atoms with Gasteiger partial charge in [0.05, 0.1) is 12.3 Å². The van der Waals surface area contributed by atoms with Crippen LogP contribution in [0.5, 0.6) is 5.88 Å². The number of nitrogens with two attached hydrogens (primary N) is 1. The van der Waals surface area contributed by atoms with E-state index in [2.05, 4.69) is 15.2 Å². The number of rotatable bonds is 1. The van der Waals surface area contributed by atoms with Crippen molar-refractivity contribution >= 4 is 5.69 Å². The van der Waals surface area contributed by atoms with Gasteiger partial charge in [0.25, 0.3) is 11.8 Å². The average molecular weight is 402 g/mol. The maximum atomic E-state index is 13.6. The van der Waals surface area contributed by atoms with E-state index in [1.54, 1.807) is 6.92 Å². The lowest BCUT2D eigenvalue weighted by Crippen LogP contribution is -2.42. The molecule has 11 heteroatoms. The third kappa shape index (κ3) is 3.76. The third-order valence-electron chi connectivity index (χ3n) is 4.69. The number of nitrogen functional groups attached to an aromatic ring is 1. The van der Waals surface area contributed by atoms with Crippen molar-refractivity contribution in [2.75, 3.05) is 12.3 Å². The van der Waals surface area contributed by atoms with Crippen LogP contribution in [-0.2, 0) is 5.60 Å². The summed E-state index contributed by atoms with van der Waals surface area (Å²) >= 11 is 0. The highest BCUT2D eigenvalue weighted by Gasteiger charge is 2.58. The number of ether oxygens (including phenoxy) is 1. The topological polar surface area (TPSA) is 128 Å². The predicted octanol–water partition coefficient (Wildman–Crippen LogP) is 2.48. The Morgan fingerprint density at radius 1 is 1.29 bits per heavy atom. The second kappa shape index (κ2) is 7.55. The second-order valence-electron chi connectivity index (χ2n) is 6.84. The number of anilines is 1. The maximum absolute atomic E-state index is 13.6. The monoisotopic (exact) mass is 402 g/mol. The smallest absolute Gasteiger partial charge is 0.426 e. The van der Waals surface area contributed by atoms with Crippen LogP contribution in [0.2, 0.25) is 0 Å². The molecule has 0 amide bonds. The first-order valence-corrected chi connectivity index (χ1v) is 8.84. The van der Waals surface area contributed by atoms with Gasteiger partial charge in [0.1, 0.15) is 6.10 Å². The van der Waals surface area contributed by atoms with Gasteiger partial charge in [-0.05, 0) is 38.7 Å². The number of nitrogens with zero attached hydrogens (tertiary/aromatic N) is 3. The molecule has 0 fully saturated rings. The van der Waals surface area contributed by atoms with E-state index in [9.17, 15) is 23.4 Å². The van der Waals surface area contributed by atoms with Crippen molar-refractivity contribution in [1.29, 1.82) is 0 Å². The Balaban J connectivity index is 2.11. The summed E-state index contributed by atoms with van der Waals surface area (Å²) in [7, 11) is 0. The lowest BCUT2D eigenvalue weighted by atomic mass is 9.94. The minimum Gasteiger partial charge on any atom is -0.472 e. The molecule has 4 N–H and O–H groups in total. The van der Waals surface area contributed by atoms with Gasteiger partial charge in [0.15, 0.2) is 5.69 Å². The van der Waals surface area contributed by atoms with Crippen LogP contribution < -0.4 is 10.5 Å². The summed E-state index contributed by atoms with van der Waals surface area (Å²) in [5.74, 6) is -1.16. The highest BCUT2D eigenvalue weighted by atomic mass is 19.4. The van der Waals surface area contributed by atoms with Crippen LogP contribution >= 0.6 is 0 Å². The van der Waals surface area contributed by atoms with E-state index in [0.29, 0.717) is 24.8 Å². The number of fused-ring (bicyclic) bond motifs is 5. The predicted molar refractivity (Wildman–Crippen MR) is 91.2 cm³/mol. The lowest BCUT2D eigenvalue weighted by Gasteiger charge is -2.27. The van der Waals surface area contributed by atoms with E-state index in [-0.39, 0.29) is 36.2 Å². The minimum atomic E-state index is -5.00. The number of hydrogen-bond acceptors (Lipinski definition) is 8. The van der Waals surface area contributed by atoms with Gasteiger partial charge in [-0.2, -0.15) is 13.2 Å². The van der Waals surface area contributed by atoms with Crippen LogP contribution in [0.3, 0.4) is 0 Å². The molecule has 2 aromatic rings. The van der Waals surface area contributed by atoms with Crippen LogP contribution in [0.4, 0.5) is 18.9 Å². The SMILES string of the molecule is Cc1cc(N)c2nc1O[C@@H](CO)CCCCC[C@](O)(C(F)(F)F)c1nnc-2o1. The molecular formula is C17H21F3N4O4. The number of hydrogen-bond donors (Lipinski definition) is 3. The Morgan fingerprint density at radius 3 is 2.71 bits per heavy atom. The molecule has 1 aliphatic heterocycles. The molecule has 0 unspecified atom stereocenters. The number of aryl methyl sites for hydroxylation is 1. The van der Waals surface area contributed by atoms with E-state index >= 15 is 0 Å². The summed E-state index contributed by atoms with van der Waals surface area (Å²) in [6, 6.07) is 1.51. The number of pyridine rings is 1. The number of aromatic nitrogens is 3. The van der Waals surface area contributed by atoms with Crippen LogP contribution in [0.25, 0.3) is 11.6 Å². The Hall–Kier alpha value is -2.40. The molecule has 0 radical (unpaired) electrons. The van der Waals surface area contributed by atoms with Gasteiger partial charge in [-0.25, -0.2) is 4.98 Å². The Bertz CT molecular complexity index is 842. The molecule has 0 aromatic carbocycles. The number of aliphatic hydroxyl groups is 2. The van der Waals surface area contributed by atoms with Crippen LogP contribution in [-0.4, -0.2) is 44.3 Å². The largest absolute Gasteiger partial charge is 0.472 e. The highest BCUT2D eigenvalue weighted by Crippen LogP contribution is 2.43. The number of aliphatic hydroxyl groups excluding tert-OH is 1. The standard InChI is InChI=1S/C17H21F3N4O4/c1-9-7-11(21)12-14-23-24-15(28-14)16(26,17(18,19)20)6-4-2-3-5-10(8-25)27-13(9)22-12/h7,10,25-26H,2-6,8,21H2,1H3/t10-,16-/m1/s1. The zero-order chi connectivity index (χ0) is 20.5. The Kier molecular flexibility index (Phi) is 5.48. The number of alkyl halides is 3. The molecule has 0 aliphatic carbocycles. The fourth-order valence-corrected chi connectivity index (χ4v) is 3.04. The van der Waals surface area contributed by atoms with Crippen LogP contribution in [0, 0.1) is 6.92 Å². The molecular weight excluding hydrogens is 381 g/mol. The molecule has 28 heavy (non-hydrogen) atoms. The van der Waals surface area contributed by atoms with E-state index < -0.39 is 30.2 Å². The lowest BCUT2D eigenvalue weighted by molar-refractivity contribution is -0.277. The molecule has 1 aliphatic rings. The first-order valence-electron chi connectivity index (χ1n) is 8.84. The summed E-state index contributed by atoms with van der Waals surface area (Å²) in [5.41, 5.74) is 3.27. The van der Waals surface area contributed by atoms with Crippen molar-refractivity contribution in [2.45, 2.75) is 56.9 Å². The van der Waals surface area contributed by atoms with Gasteiger partial charge < -0.3 is 25.1 Å². The molecule has 154 valence electrons. The van der Waals surface area contributed by atoms with Gasteiger partial charge >= 0.3 is 6.18 Å². The van der Waals surface area contributed by atoms with Crippen molar-refractivity contribution in [3.63, 3.8) is 0 Å². The normalized spacial score (nSPS) is 23.7. The Morgan fingerprint density at radius 2 is 2.04 bits per heavy atom. The highest BCUT2D eigenvalue weighted by molar-refractivity contribution is 5.67. The molecule has 8 nitrogen and oxygen atoms in total. The van der Waals surface area contributed by atoms with Gasteiger partial charge in [-0.15, -0.1) is 10.2 Å². The molecule has 3 rings (SSSR count). The number of halogens is 3. The van der Waals surface area contributed by atoms with Crippen LogP contribution in [0.1, 0.15) is 43.6 Å². The van der Waals surface area contributed by atoms with Crippen molar-refractivity contribution in [3.05, 3.63) is 17.5 Å². The quantitative estimate of drug-likeness (QED) is 0.664. The van der Waals surface area contributed by atoms with Gasteiger partial charge in [-0.3, -0.25) is 0 Å². The molecule has 0 saturated carbocycles. The molecule has 4 bridgehead atoms. The first-order chi connectivity index (χ1) is 13.2. The van der Waals surface area contributed by atoms with E-state index in [1.165, 1.54) is 6.07 Å². The summed E-state index contributed by atoms with van der Waals surface area (Å²) < 4.78 is 51.6. The molecule has 0 saturated heterocycles. The summed E-state index contributed by atoms with van der Waals surface area (Å²) in [5, 5.41) is 26.9. The molecule has 0 spiro atoms. The molecule has 2 aromatic heterocycles. The van der Waals surface area contributed by atoms with Crippen molar-refractivity contribution in [1.82, 2.24) is 15.2 Å². The zero-order valence-electron chi connectivity index (χ0n) is 15.2. The van der Waals surface area contributed by atoms with E-state index in [0.717, 1.165) is 0 Å². The van der Waals surface area contributed by atoms with E-state index in [1.807, 2.05) is 0 Å². The second-order valence-corrected chi connectivity index (χ2v) is 6.84. The fourth-order valence-electron chi connectivity index (χ4n) is 3.04. The molecule has 2 atom stereocenters. The first kappa shape index (κ1) is 20.3. The average Bonchev–Trinajstić information content (AvgIpc) is 3.10. The maximum Gasteiger partial charge on any atom is 0.426 e. The molecule has 3 heterocycles. The van der Waals surface area contributed by atoms with Gasteiger partial charge in [0, 0.05) is 5.56 Å². The minimum absolute atomic E-state index is 0.0578. The van der Waals surface area contributed by atoms with Crippen LogP contribution in [0.15, 0.2) is 10.5 Å². The third-order valence-corrected chi connectivity index (χ3v) is 4.69. The van der Waals surface area contributed by atoms with Crippen molar-refractivity contribution < 1.29 is 32.5 Å². The van der Waals surface area contributed by atoms with E-state index in [4.69, 9.17) is 14.9 Å². The Labute approximate surface area is 158 Å². The zero-order valence-corrected chi connectivity index (χ0v) is 15.2. The van der Waals surface area contributed by atoms with Gasteiger partial charge in [0.2, 0.25) is 11.5 Å². The van der Waals surface area contributed by atoms with Crippen molar-refractivity contribution in [2.24, 2.45) is 0 Å². The summed E-state index contributed by atoms with van der Waals surface area (Å²) in [6.45, 7) is 1.42. The summed E-state index contributed by atoms with van der Waals surface area (Å²) in [4.78, 5) is 4.20. The fraction of sp³-hybridized carbons (Fsp3) is 0.588. The summed E-state index contributed by atoms with van der Waals surface area (Å²) in [6.07, 6.45) is -4.84. The van der Waals surface area contributed by atoms with Gasteiger partial charge in [-0.1, -0.05) is 6.42 Å².